The van der Waals surface area contributed by atoms with Crippen LogP contribution < -0.4 is 14.2 Å². The molecule has 0 saturated carbocycles. The number of esters is 4. The first-order valence-electron chi connectivity index (χ1n) is 19.5. The maximum atomic E-state index is 13.6. The molecular weight excluding hydrogens is 765 g/mol. The third-order valence-electron chi connectivity index (χ3n) is 9.29. The number of rotatable bonds is 16. The SMILES string of the molecule is C=C/C=C(\C=C(/OC(=O)C(=C)C)C(c1ccc(-c2ccccc2)cc1)c1cc(-c2ccc(OC(=O)C(=C)C)cc2)ccc1OC(=O)C(C)C)c1ccc(OC(=O)C(=C)C)cc1. The van der Waals surface area contributed by atoms with E-state index in [-0.39, 0.29) is 28.2 Å². The summed E-state index contributed by atoms with van der Waals surface area (Å²) in [4.78, 5) is 51.4. The summed E-state index contributed by atoms with van der Waals surface area (Å²) in [5, 5.41) is 0. The zero-order chi connectivity index (χ0) is 44.2. The summed E-state index contributed by atoms with van der Waals surface area (Å²) in [5.74, 6) is -2.44. The molecule has 0 N–H and O–H groups in total. The molecule has 61 heavy (non-hydrogen) atoms. The molecule has 0 spiro atoms. The van der Waals surface area contributed by atoms with E-state index in [1.165, 1.54) is 0 Å². The monoisotopic (exact) mass is 812 g/mol. The minimum Gasteiger partial charge on any atom is -0.427 e. The number of ether oxygens (including phenoxy) is 4. The van der Waals surface area contributed by atoms with Gasteiger partial charge in [-0.1, -0.05) is 137 Å². The lowest BCUT2D eigenvalue weighted by Crippen LogP contribution is -2.18. The lowest BCUT2D eigenvalue weighted by atomic mass is 9.85. The topological polar surface area (TPSA) is 105 Å². The van der Waals surface area contributed by atoms with E-state index in [1.54, 1.807) is 95.3 Å². The highest BCUT2D eigenvalue weighted by Crippen LogP contribution is 2.42. The Morgan fingerprint density at radius 1 is 0.574 bits per heavy atom. The summed E-state index contributed by atoms with van der Waals surface area (Å²) in [6, 6.07) is 37.0. The molecule has 308 valence electrons. The van der Waals surface area contributed by atoms with Crippen molar-refractivity contribution < 1.29 is 38.1 Å². The Morgan fingerprint density at radius 3 is 1.59 bits per heavy atom. The van der Waals surface area contributed by atoms with Gasteiger partial charge >= 0.3 is 23.9 Å². The fourth-order valence-corrected chi connectivity index (χ4v) is 5.96. The van der Waals surface area contributed by atoms with Crippen LogP contribution in [0, 0.1) is 5.92 Å². The Balaban J connectivity index is 1.77. The Hall–Kier alpha value is -7.58. The van der Waals surface area contributed by atoms with Crippen molar-refractivity contribution in [2.45, 2.75) is 40.5 Å². The van der Waals surface area contributed by atoms with Gasteiger partial charge in [-0.05, 0) is 102 Å². The first-order chi connectivity index (χ1) is 29.1. The van der Waals surface area contributed by atoms with Gasteiger partial charge in [0.1, 0.15) is 23.0 Å². The fraction of sp³-hybridized carbons (Fsp3) is 0.132. The van der Waals surface area contributed by atoms with Gasteiger partial charge in [0.2, 0.25) is 0 Å². The second-order valence-corrected chi connectivity index (χ2v) is 14.7. The summed E-state index contributed by atoms with van der Waals surface area (Å²) in [6.45, 7) is 23.3. The van der Waals surface area contributed by atoms with Crippen LogP contribution >= 0.6 is 0 Å². The van der Waals surface area contributed by atoms with E-state index in [0.717, 1.165) is 22.3 Å². The van der Waals surface area contributed by atoms with E-state index in [4.69, 9.17) is 18.9 Å². The molecule has 0 aromatic heterocycles. The quantitative estimate of drug-likeness (QED) is 0.0319. The summed E-state index contributed by atoms with van der Waals surface area (Å²) in [6.07, 6.45) is 5.10. The number of allylic oxidation sites excluding steroid dienone is 5. The standard InChI is InChI=1S/C53H48O8/c1-10-14-42(39-21-26-44(27-22-39)58-50(54)33(2)3)32-48(61-53(57)36(8)9)49(41-19-17-38(18-20-41)37-15-12-11-13-16-37)46-31-43(25-30-47(46)60-52(56)35(6)7)40-23-28-45(29-24-40)59-51(55)34(4)5/h10-32,35,49H,1-2,4,8H2,3,5-7,9H3/b42-14+,48-32-. The smallest absolute Gasteiger partial charge is 0.338 e. The Kier molecular flexibility index (Phi) is 14.9. The lowest BCUT2D eigenvalue weighted by molar-refractivity contribution is -0.138. The molecule has 0 saturated heterocycles. The van der Waals surface area contributed by atoms with E-state index < -0.39 is 35.7 Å². The van der Waals surface area contributed by atoms with Crippen molar-refractivity contribution in [3.8, 4) is 39.5 Å². The van der Waals surface area contributed by atoms with Crippen molar-refractivity contribution >= 4 is 29.5 Å². The first kappa shape index (κ1) is 44.5. The van der Waals surface area contributed by atoms with Crippen molar-refractivity contribution in [3.05, 3.63) is 205 Å². The predicted molar refractivity (Wildman–Crippen MR) is 241 cm³/mol. The first-order valence-corrected chi connectivity index (χ1v) is 19.5. The summed E-state index contributed by atoms with van der Waals surface area (Å²) in [7, 11) is 0. The molecule has 0 aliphatic rings. The molecule has 1 unspecified atom stereocenters. The molecule has 0 aliphatic carbocycles. The average molecular weight is 813 g/mol. The van der Waals surface area contributed by atoms with Crippen LogP contribution in [-0.2, 0) is 23.9 Å². The molecule has 5 aromatic rings. The maximum absolute atomic E-state index is 13.6. The fourth-order valence-electron chi connectivity index (χ4n) is 5.96. The van der Waals surface area contributed by atoms with Crippen LogP contribution in [0.2, 0.25) is 0 Å². The molecule has 0 aliphatic heterocycles. The highest BCUT2D eigenvalue weighted by Gasteiger charge is 2.29. The van der Waals surface area contributed by atoms with Gasteiger partial charge in [0.15, 0.2) is 0 Å². The van der Waals surface area contributed by atoms with Crippen molar-refractivity contribution in [1.82, 2.24) is 0 Å². The number of carbonyl (C=O) groups is 4. The third kappa shape index (κ3) is 11.8. The van der Waals surface area contributed by atoms with Crippen molar-refractivity contribution in [1.29, 1.82) is 0 Å². The molecular formula is C53H48O8. The van der Waals surface area contributed by atoms with Crippen LogP contribution in [0.4, 0.5) is 0 Å². The van der Waals surface area contributed by atoms with Crippen molar-refractivity contribution in [3.63, 3.8) is 0 Å². The molecule has 0 heterocycles. The molecule has 1 atom stereocenters. The van der Waals surface area contributed by atoms with Gasteiger partial charge in [-0.2, -0.15) is 0 Å². The minimum atomic E-state index is -0.858. The highest BCUT2D eigenvalue weighted by atomic mass is 16.5. The molecule has 0 radical (unpaired) electrons. The second kappa shape index (κ2) is 20.4. The van der Waals surface area contributed by atoms with E-state index in [0.29, 0.717) is 33.8 Å². The van der Waals surface area contributed by atoms with E-state index in [1.807, 2.05) is 78.9 Å². The summed E-state index contributed by atoms with van der Waals surface area (Å²) in [5.41, 5.74) is 6.66. The van der Waals surface area contributed by atoms with Gasteiger partial charge in [-0.25, -0.2) is 14.4 Å². The number of benzene rings is 5. The normalized spacial score (nSPS) is 11.8. The molecule has 5 rings (SSSR count). The second-order valence-electron chi connectivity index (χ2n) is 14.7. The molecule has 8 heteroatoms. The van der Waals surface area contributed by atoms with Gasteiger partial charge in [0, 0.05) is 22.3 Å². The summed E-state index contributed by atoms with van der Waals surface area (Å²) < 4.78 is 23.3. The molecule has 0 fully saturated rings. The van der Waals surface area contributed by atoms with Crippen molar-refractivity contribution in [2.75, 3.05) is 0 Å². The number of hydrogen-bond donors (Lipinski definition) is 0. The predicted octanol–water partition coefficient (Wildman–Crippen LogP) is 11.9. The Morgan fingerprint density at radius 2 is 1.07 bits per heavy atom. The molecule has 8 nitrogen and oxygen atoms in total. The molecule has 0 bridgehead atoms. The van der Waals surface area contributed by atoms with Crippen molar-refractivity contribution in [2.24, 2.45) is 5.92 Å². The maximum Gasteiger partial charge on any atom is 0.338 e. The van der Waals surface area contributed by atoms with Crippen LogP contribution in [0.3, 0.4) is 0 Å². The van der Waals surface area contributed by atoms with E-state index in [2.05, 4.69) is 26.3 Å². The number of hydrogen-bond acceptors (Lipinski definition) is 8. The zero-order valence-electron chi connectivity index (χ0n) is 35.0. The molecule has 0 amide bonds. The lowest BCUT2D eigenvalue weighted by Gasteiger charge is -2.25. The van der Waals surface area contributed by atoms with E-state index in [9.17, 15) is 19.2 Å². The van der Waals surface area contributed by atoms with Crippen LogP contribution in [0.15, 0.2) is 188 Å². The van der Waals surface area contributed by atoms with Crippen LogP contribution in [0.25, 0.3) is 27.8 Å². The Bertz CT molecular complexity index is 2540. The largest absolute Gasteiger partial charge is 0.427 e. The highest BCUT2D eigenvalue weighted by molar-refractivity contribution is 5.90. The van der Waals surface area contributed by atoms with Gasteiger partial charge < -0.3 is 18.9 Å². The van der Waals surface area contributed by atoms with Gasteiger partial charge in [-0.3, -0.25) is 4.79 Å². The van der Waals surface area contributed by atoms with Crippen LogP contribution in [0.5, 0.6) is 17.2 Å². The van der Waals surface area contributed by atoms with Gasteiger partial charge in [0.25, 0.3) is 0 Å². The molecule has 5 aromatic carbocycles. The minimum absolute atomic E-state index is 0.162. The Labute approximate surface area is 357 Å². The van der Waals surface area contributed by atoms with Crippen LogP contribution in [0.1, 0.15) is 57.2 Å². The van der Waals surface area contributed by atoms with Crippen LogP contribution in [-0.4, -0.2) is 23.9 Å². The zero-order valence-corrected chi connectivity index (χ0v) is 35.0. The summed E-state index contributed by atoms with van der Waals surface area (Å²) >= 11 is 0. The third-order valence-corrected chi connectivity index (χ3v) is 9.29. The van der Waals surface area contributed by atoms with E-state index >= 15 is 0 Å². The average Bonchev–Trinajstić information content (AvgIpc) is 3.25. The van der Waals surface area contributed by atoms with Gasteiger partial charge in [-0.15, -0.1) is 0 Å². The number of carbonyl (C=O) groups excluding carboxylic acids is 4. The van der Waals surface area contributed by atoms with Gasteiger partial charge in [0.05, 0.1) is 11.8 Å².